The average Bonchev–Trinajstić information content (AvgIpc) is 3.41. The van der Waals surface area contributed by atoms with Crippen LogP contribution in [0.5, 0.6) is 0 Å². The number of nitrogens with zero attached hydrogens (tertiary/aromatic N) is 1. The van der Waals surface area contributed by atoms with Gasteiger partial charge in [-0.2, -0.15) is 0 Å². The van der Waals surface area contributed by atoms with Crippen LogP contribution in [0, 0.1) is 6.92 Å². The molecule has 0 spiro atoms. The van der Waals surface area contributed by atoms with Gasteiger partial charge in [-0.25, -0.2) is 0 Å². The monoisotopic (exact) mass is 412 g/mol. The van der Waals surface area contributed by atoms with Crippen molar-refractivity contribution in [1.29, 1.82) is 0 Å². The highest BCUT2D eigenvalue weighted by Crippen LogP contribution is 2.17. The Hall–Kier alpha value is -2.60. The lowest BCUT2D eigenvalue weighted by atomic mass is 10.1. The summed E-state index contributed by atoms with van der Waals surface area (Å²) in [5.74, 6) is 0.447. The van der Waals surface area contributed by atoms with Crippen molar-refractivity contribution in [2.45, 2.75) is 58.1 Å². The first-order valence-electron chi connectivity index (χ1n) is 10.8. The molecule has 3 rings (SSSR count). The fraction of sp³-hybridized carbons (Fsp3) is 0.500. The van der Waals surface area contributed by atoms with E-state index in [1.54, 1.807) is 17.9 Å². The van der Waals surface area contributed by atoms with Crippen LogP contribution in [-0.4, -0.2) is 48.6 Å². The SMILES string of the molecule is Cc1occc1C(=O)N(CCC(=O)N[C@@H](C)CCc1ccccc1)C[C@@H]1CCCO1. The number of rotatable bonds is 10. The third-order valence-electron chi connectivity index (χ3n) is 5.55. The minimum atomic E-state index is -0.110. The molecule has 2 heterocycles. The van der Waals surface area contributed by atoms with Gasteiger partial charge in [0.25, 0.3) is 5.91 Å². The second-order valence-electron chi connectivity index (χ2n) is 8.02. The van der Waals surface area contributed by atoms with E-state index in [0.717, 1.165) is 32.3 Å². The minimum Gasteiger partial charge on any atom is -0.469 e. The van der Waals surface area contributed by atoms with Gasteiger partial charge in [0.1, 0.15) is 5.76 Å². The highest BCUT2D eigenvalue weighted by molar-refractivity contribution is 5.95. The van der Waals surface area contributed by atoms with Crippen molar-refractivity contribution in [2.24, 2.45) is 0 Å². The van der Waals surface area contributed by atoms with E-state index in [1.807, 2.05) is 25.1 Å². The topological polar surface area (TPSA) is 71.8 Å². The summed E-state index contributed by atoms with van der Waals surface area (Å²) >= 11 is 0. The van der Waals surface area contributed by atoms with E-state index in [1.165, 1.54) is 11.8 Å². The van der Waals surface area contributed by atoms with Crippen molar-refractivity contribution in [2.75, 3.05) is 19.7 Å². The van der Waals surface area contributed by atoms with Crippen LogP contribution in [0.3, 0.4) is 0 Å². The molecule has 0 saturated carbocycles. The van der Waals surface area contributed by atoms with Gasteiger partial charge in [0.15, 0.2) is 0 Å². The van der Waals surface area contributed by atoms with Crippen molar-refractivity contribution < 1.29 is 18.7 Å². The van der Waals surface area contributed by atoms with Crippen LogP contribution in [0.2, 0.25) is 0 Å². The van der Waals surface area contributed by atoms with Gasteiger partial charge < -0.3 is 19.4 Å². The zero-order valence-electron chi connectivity index (χ0n) is 17.9. The molecule has 2 amide bonds. The normalized spacial score (nSPS) is 16.9. The molecular weight excluding hydrogens is 380 g/mol. The summed E-state index contributed by atoms with van der Waals surface area (Å²) in [7, 11) is 0. The van der Waals surface area contributed by atoms with Gasteiger partial charge in [-0.1, -0.05) is 30.3 Å². The highest BCUT2D eigenvalue weighted by atomic mass is 16.5. The lowest BCUT2D eigenvalue weighted by Crippen LogP contribution is -2.41. The third kappa shape index (κ3) is 6.46. The molecular formula is C24H32N2O4. The van der Waals surface area contributed by atoms with Crippen molar-refractivity contribution in [3.63, 3.8) is 0 Å². The fourth-order valence-electron chi connectivity index (χ4n) is 3.77. The molecule has 30 heavy (non-hydrogen) atoms. The summed E-state index contributed by atoms with van der Waals surface area (Å²) in [6.45, 7) is 5.39. The minimum absolute atomic E-state index is 0.0361. The molecule has 1 aromatic heterocycles. The Morgan fingerprint density at radius 3 is 2.70 bits per heavy atom. The van der Waals surface area contributed by atoms with E-state index < -0.39 is 0 Å². The maximum atomic E-state index is 13.0. The Morgan fingerprint density at radius 1 is 1.23 bits per heavy atom. The number of ether oxygens (including phenoxy) is 1. The van der Waals surface area contributed by atoms with Crippen LogP contribution >= 0.6 is 0 Å². The zero-order valence-corrected chi connectivity index (χ0v) is 17.9. The number of nitrogens with one attached hydrogen (secondary N) is 1. The average molecular weight is 413 g/mol. The van der Waals surface area contributed by atoms with Crippen molar-refractivity contribution in [1.82, 2.24) is 10.2 Å². The van der Waals surface area contributed by atoms with Gasteiger partial charge >= 0.3 is 0 Å². The smallest absolute Gasteiger partial charge is 0.257 e. The molecule has 1 saturated heterocycles. The highest BCUT2D eigenvalue weighted by Gasteiger charge is 2.25. The zero-order chi connectivity index (χ0) is 21.3. The van der Waals surface area contributed by atoms with Gasteiger partial charge in [-0.15, -0.1) is 0 Å². The molecule has 1 fully saturated rings. The number of carbonyl (C=O) groups is 2. The van der Waals surface area contributed by atoms with Gasteiger partial charge in [-0.05, 0) is 51.2 Å². The first-order chi connectivity index (χ1) is 14.5. The number of hydrogen-bond donors (Lipinski definition) is 1. The van der Waals surface area contributed by atoms with Crippen LogP contribution in [-0.2, 0) is 16.0 Å². The first-order valence-corrected chi connectivity index (χ1v) is 10.8. The largest absolute Gasteiger partial charge is 0.469 e. The quantitative estimate of drug-likeness (QED) is 0.645. The van der Waals surface area contributed by atoms with E-state index in [9.17, 15) is 9.59 Å². The summed E-state index contributed by atoms with van der Waals surface area (Å²) in [6.07, 6.45) is 5.58. The molecule has 2 aromatic rings. The summed E-state index contributed by atoms with van der Waals surface area (Å²) in [4.78, 5) is 27.2. The summed E-state index contributed by atoms with van der Waals surface area (Å²) in [5, 5.41) is 3.06. The van der Waals surface area contributed by atoms with Crippen molar-refractivity contribution in [3.8, 4) is 0 Å². The number of furan rings is 1. The number of hydrogen-bond acceptors (Lipinski definition) is 4. The molecule has 0 radical (unpaired) electrons. The molecule has 1 aromatic carbocycles. The predicted molar refractivity (Wildman–Crippen MR) is 115 cm³/mol. The molecule has 6 heteroatoms. The molecule has 162 valence electrons. The molecule has 6 nitrogen and oxygen atoms in total. The molecule has 1 aliphatic rings. The van der Waals surface area contributed by atoms with E-state index in [4.69, 9.17) is 9.15 Å². The Balaban J connectivity index is 1.50. The van der Waals surface area contributed by atoms with Gasteiger partial charge in [0.05, 0.1) is 17.9 Å². The van der Waals surface area contributed by atoms with Crippen LogP contribution in [0.25, 0.3) is 0 Å². The molecule has 1 aliphatic heterocycles. The molecule has 2 atom stereocenters. The van der Waals surface area contributed by atoms with Crippen LogP contribution in [0.1, 0.15) is 54.3 Å². The Labute approximate surface area is 178 Å². The van der Waals surface area contributed by atoms with Crippen LogP contribution in [0.4, 0.5) is 0 Å². The maximum Gasteiger partial charge on any atom is 0.257 e. The first kappa shape index (κ1) is 22.1. The molecule has 0 bridgehead atoms. The molecule has 0 aliphatic carbocycles. The van der Waals surface area contributed by atoms with E-state index in [0.29, 0.717) is 24.4 Å². The second-order valence-corrected chi connectivity index (χ2v) is 8.02. The fourth-order valence-corrected chi connectivity index (χ4v) is 3.77. The summed E-state index contributed by atoms with van der Waals surface area (Å²) in [5.41, 5.74) is 1.81. The number of amides is 2. The predicted octanol–water partition coefficient (Wildman–Crippen LogP) is 3.74. The number of aryl methyl sites for hydroxylation is 2. The van der Waals surface area contributed by atoms with Crippen molar-refractivity contribution >= 4 is 11.8 Å². The lowest BCUT2D eigenvalue weighted by Gasteiger charge is -2.25. The Morgan fingerprint density at radius 2 is 2.03 bits per heavy atom. The number of carbonyl (C=O) groups excluding carboxylic acids is 2. The van der Waals surface area contributed by atoms with E-state index >= 15 is 0 Å². The number of benzene rings is 1. The lowest BCUT2D eigenvalue weighted by molar-refractivity contribution is -0.122. The van der Waals surface area contributed by atoms with Gasteiger partial charge in [0, 0.05) is 32.2 Å². The molecule has 1 N–H and O–H groups in total. The third-order valence-corrected chi connectivity index (χ3v) is 5.55. The van der Waals surface area contributed by atoms with Crippen LogP contribution < -0.4 is 5.32 Å². The Bertz CT molecular complexity index is 812. The summed E-state index contributed by atoms with van der Waals surface area (Å²) < 4.78 is 11.0. The second kappa shape index (κ2) is 11.0. The Kier molecular flexibility index (Phi) is 8.08. The standard InChI is InChI=1S/C24H32N2O4/c1-18(10-11-20-7-4-3-5-8-20)25-23(27)12-14-26(17-21-9-6-15-30-21)24(28)22-13-16-29-19(22)2/h3-5,7-8,13,16,18,21H,6,9-12,14-15,17H2,1-2H3,(H,25,27)/t18-,21-/m0/s1. The van der Waals surface area contributed by atoms with E-state index in [-0.39, 0.29) is 30.4 Å². The summed E-state index contributed by atoms with van der Waals surface area (Å²) in [6, 6.07) is 12.0. The maximum absolute atomic E-state index is 13.0. The van der Waals surface area contributed by atoms with Gasteiger partial charge in [0.2, 0.25) is 5.91 Å². The van der Waals surface area contributed by atoms with Crippen LogP contribution in [0.15, 0.2) is 47.1 Å². The van der Waals surface area contributed by atoms with E-state index in [2.05, 4.69) is 17.4 Å². The molecule has 0 unspecified atom stereocenters. The van der Waals surface area contributed by atoms with Crippen molar-refractivity contribution in [3.05, 3.63) is 59.5 Å². The van der Waals surface area contributed by atoms with Gasteiger partial charge in [-0.3, -0.25) is 9.59 Å².